The molecule has 1 aromatic rings. The van der Waals surface area contributed by atoms with Gasteiger partial charge in [-0.3, -0.25) is 4.79 Å². The van der Waals surface area contributed by atoms with Gasteiger partial charge in [-0.15, -0.1) is 11.3 Å². The van der Waals surface area contributed by atoms with E-state index in [1.807, 2.05) is 24.3 Å². The smallest absolute Gasteiger partial charge is 0.225 e. The fourth-order valence-corrected chi connectivity index (χ4v) is 3.63. The molecule has 20 heavy (non-hydrogen) atoms. The fourth-order valence-electron chi connectivity index (χ4n) is 2.78. The Morgan fingerprint density at radius 2 is 2.35 bits per heavy atom. The highest BCUT2D eigenvalue weighted by molar-refractivity contribution is 7.09. The van der Waals surface area contributed by atoms with Crippen LogP contribution in [-0.4, -0.2) is 47.4 Å². The van der Waals surface area contributed by atoms with Crippen molar-refractivity contribution in [3.05, 3.63) is 16.1 Å². The summed E-state index contributed by atoms with van der Waals surface area (Å²) in [6.07, 6.45) is 1.13. The molecule has 0 aliphatic carbocycles. The molecule has 1 aliphatic rings. The summed E-state index contributed by atoms with van der Waals surface area (Å²) >= 11 is 1.73. The molecule has 1 amide bonds. The van der Waals surface area contributed by atoms with Crippen LogP contribution in [-0.2, 0) is 11.3 Å². The molecule has 5 heteroatoms. The normalized spacial score (nSPS) is 19.3. The van der Waals surface area contributed by atoms with E-state index in [1.54, 1.807) is 11.3 Å². The van der Waals surface area contributed by atoms with Gasteiger partial charge in [0.25, 0.3) is 0 Å². The number of likely N-dealkylation sites (tertiary alicyclic amines) is 1. The van der Waals surface area contributed by atoms with Crippen LogP contribution < -0.4 is 0 Å². The lowest BCUT2D eigenvalue weighted by atomic mass is 10.1. The van der Waals surface area contributed by atoms with Gasteiger partial charge in [-0.25, -0.2) is 4.98 Å². The highest BCUT2D eigenvalue weighted by Gasteiger charge is 2.28. The van der Waals surface area contributed by atoms with Gasteiger partial charge in [0.2, 0.25) is 5.91 Å². The van der Waals surface area contributed by atoms with Gasteiger partial charge in [-0.05, 0) is 26.3 Å². The van der Waals surface area contributed by atoms with Crippen LogP contribution in [0, 0.1) is 18.8 Å². The van der Waals surface area contributed by atoms with E-state index in [1.165, 1.54) is 4.88 Å². The molecule has 0 saturated carbocycles. The number of rotatable bonds is 5. The topological polar surface area (TPSA) is 36.4 Å². The van der Waals surface area contributed by atoms with Gasteiger partial charge in [0, 0.05) is 37.0 Å². The van der Waals surface area contributed by atoms with Gasteiger partial charge in [0.1, 0.15) is 0 Å². The van der Waals surface area contributed by atoms with Crippen molar-refractivity contribution >= 4 is 17.2 Å². The van der Waals surface area contributed by atoms with Gasteiger partial charge in [-0.2, -0.15) is 0 Å². The van der Waals surface area contributed by atoms with Gasteiger partial charge >= 0.3 is 0 Å². The molecule has 0 aromatic carbocycles. The standard InChI is InChI=1S/C15H25N3OS/c1-11(2)15(19)18-6-5-13(8-18)7-17(4)9-14-12(3)16-10-20-14/h10-11,13H,5-9H2,1-4H3/t13-/m1/s1. The minimum atomic E-state index is 0.117. The molecule has 112 valence electrons. The third-order valence-corrected chi connectivity index (χ3v) is 4.84. The first-order valence-corrected chi connectivity index (χ1v) is 8.21. The van der Waals surface area contributed by atoms with Crippen LogP contribution in [0.3, 0.4) is 0 Å². The minimum absolute atomic E-state index is 0.117. The molecule has 0 bridgehead atoms. The zero-order valence-electron chi connectivity index (χ0n) is 12.9. The quantitative estimate of drug-likeness (QED) is 0.837. The highest BCUT2D eigenvalue weighted by atomic mass is 32.1. The van der Waals surface area contributed by atoms with Gasteiger partial charge in [0.05, 0.1) is 11.2 Å². The van der Waals surface area contributed by atoms with Crippen LogP contribution in [0.4, 0.5) is 0 Å². The average Bonchev–Trinajstić information content (AvgIpc) is 2.99. The number of amides is 1. The molecule has 2 heterocycles. The van der Waals surface area contributed by atoms with Crippen LogP contribution >= 0.6 is 11.3 Å². The Hall–Kier alpha value is -0.940. The summed E-state index contributed by atoms with van der Waals surface area (Å²) in [5, 5.41) is 0. The summed E-state index contributed by atoms with van der Waals surface area (Å²) in [7, 11) is 2.16. The molecule has 0 unspecified atom stereocenters. The second-order valence-electron chi connectivity index (χ2n) is 6.15. The molecular formula is C15H25N3OS. The molecule has 0 spiro atoms. The summed E-state index contributed by atoms with van der Waals surface area (Å²) in [5.74, 6) is 1.02. The maximum atomic E-state index is 12.0. The van der Waals surface area contributed by atoms with E-state index in [0.717, 1.165) is 38.3 Å². The predicted molar refractivity (Wildman–Crippen MR) is 82.7 cm³/mol. The zero-order chi connectivity index (χ0) is 14.7. The first-order chi connectivity index (χ1) is 9.47. The summed E-state index contributed by atoms with van der Waals surface area (Å²) < 4.78 is 0. The Labute approximate surface area is 125 Å². The van der Waals surface area contributed by atoms with E-state index < -0.39 is 0 Å². The predicted octanol–water partition coefficient (Wildman–Crippen LogP) is 2.39. The molecular weight excluding hydrogens is 270 g/mol. The fraction of sp³-hybridized carbons (Fsp3) is 0.733. The van der Waals surface area contributed by atoms with E-state index in [-0.39, 0.29) is 5.92 Å². The van der Waals surface area contributed by atoms with Crippen molar-refractivity contribution in [3.8, 4) is 0 Å². The second kappa shape index (κ2) is 6.68. The highest BCUT2D eigenvalue weighted by Crippen LogP contribution is 2.21. The van der Waals surface area contributed by atoms with Gasteiger partial charge < -0.3 is 9.80 Å². The van der Waals surface area contributed by atoms with Crippen molar-refractivity contribution in [2.45, 2.75) is 33.7 Å². The van der Waals surface area contributed by atoms with E-state index in [9.17, 15) is 4.79 Å². The Kier molecular flexibility index (Phi) is 5.16. The Balaban J connectivity index is 1.80. The number of thiazole rings is 1. The Bertz CT molecular complexity index is 458. The molecule has 1 fully saturated rings. The zero-order valence-corrected chi connectivity index (χ0v) is 13.7. The van der Waals surface area contributed by atoms with E-state index in [4.69, 9.17) is 0 Å². The monoisotopic (exact) mass is 295 g/mol. The molecule has 4 nitrogen and oxygen atoms in total. The number of hydrogen-bond donors (Lipinski definition) is 0. The molecule has 1 aliphatic heterocycles. The number of nitrogens with zero attached hydrogens (tertiary/aromatic N) is 3. The SMILES string of the molecule is Cc1ncsc1CN(C)C[C@H]1CCN(C(=O)C(C)C)C1. The maximum absolute atomic E-state index is 12.0. The van der Waals surface area contributed by atoms with Crippen molar-refractivity contribution in [3.63, 3.8) is 0 Å². The lowest BCUT2D eigenvalue weighted by molar-refractivity contribution is -0.133. The number of aryl methyl sites for hydroxylation is 1. The first-order valence-electron chi connectivity index (χ1n) is 7.33. The molecule has 2 rings (SSSR count). The van der Waals surface area contributed by atoms with Crippen molar-refractivity contribution in [1.29, 1.82) is 0 Å². The Morgan fingerprint density at radius 1 is 1.60 bits per heavy atom. The summed E-state index contributed by atoms with van der Waals surface area (Å²) in [6.45, 7) is 9.89. The molecule has 1 saturated heterocycles. The van der Waals surface area contributed by atoms with Gasteiger partial charge in [0.15, 0.2) is 0 Å². The van der Waals surface area contributed by atoms with Crippen molar-refractivity contribution < 1.29 is 4.79 Å². The van der Waals surface area contributed by atoms with E-state index in [0.29, 0.717) is 11.8 Å². The van der Waals surface area contributed by atoms with Crippen molar-refractivity contribution in [2.24, 2.45) is 11.8 Å². The largest absolute Gasteiger partial charge is 0.342 e. The lowest BCUT2D eigenvalue weighted by Crippen LogP contribution is -2.33. The third kappa shape index (κ3) is 3.79. The first kappa shape index (κ1) is 15.4. The van der Waals surface area contributed by atoms with Crippen molar-refractivity contribution in [2.75, 3.05) is 26.7 Å². The number of carbonyl (C=O) groups excluding carboxylic acids is 1. The van der Waals surface area contributed by atoms with E-state index in [2.05, 4.69) is 23.9 Å². The Morgan fingerprint density at radius 3 is 2.95 bits per heavy atom. The minimum Gasteiger partial charge on any atom is -0.342 e. The summed E-state index contributed by atoms with van der Waals surface area (Å²) in [5.41, 5.74) is 3.06. The lowest BCUT2D eigenvalue weighted by Gasteiger charge is -2.22. The second-order valence-corrected chi connectivity index (χ2v) is 7.09. The van der Waals surface area contributed by atoms with Crippen molar-refractivity contribution in [1.82, 2.24) is 14.8 Å². The van der Waals surface area contributed by atoms with Crippen LogP contribution in [0.5, 0.6) is 0 Å². The molecule has 0 N–H and O–H groups in total. The summed E-state index contributed by atoms with van der Waals surface area (Å²) in [4.78, 5) is 22.0. The van der Waals surface area contributed by atoms with Crippen LogP contribution in [0.25, 0.3) is 0 Å². The third-order valence-electron chi connectivity index (χ3n) is 3.92. The molecule has 1 aromatic heterocycles. The number of hydrogen-bond acceptors (Lipinski definition) is 4. The van der Waals surface area contributed by atoms with Crippen LogP contribution in [0.2, 0.25) is 0 Å². The summed E-state index contributed by atoms with van der Waals surface area (Å²) in [6, 6.07) is 0. The average molecular weight is 295 g/mol. The number of aromatic nitrogens is 1. The number of carbonyl (C=O) groups is 1. The maximum Gasteiger partial charge on any atom is 0.225 e. The van der Waals surface area contributed by atoms with Crippen LogP contribution in [0.15, 0.2) is 5.51 Å². The molecule has 1 atom stereocenters. The van der Waals surface area contributed by atoms with Crippen LogP contribution in [0.1, 0.15) is 30.8 Å². The van der Waals surface area contributed by atoms with E-state index >= 15 is 0 Å². The molecule has 0 radical (unpaired) electrons. The van der Waals surface area contributed by atoms with Gasteiger partial charge in [-0.1, -0.05) is 13.8 Å².